The third-order valence-electron chi connectivity index (χ3n) is 4.12. The third-order valence-corrected chi connectivity index (χ3v) is 4.90. The fraction of sp³-hybridized carbons (Fsp3) is 0.368. The van der Waals surface area contributed by atoms with E-state index in [2.05, 4.69) is 5.18 Å². The maximum atomic E-state index is 11.3. The summed E-state index contributed by atoms with van der Waals surface area (Å²) in [6.07, 6.45) is 0.370. The van der Waals surface area contributed by atoms with Crippen molar-refractivity contribution in [1.29, 1.82) is 0 Å². The van der Waals surface area contributed by atoms with Crippen LogP contribution in [0.25, 0.3) is 0 Å². The Hall–Kier alpha value is -2.01. The molecule has 0 aliphatic carbocycles. The molecule has 26 heavy (non-hydrogen) atoms. The Morgan fingerprint density at radius 3 is 2.42 bits per heavy atom. The van der Waals surface area contributed by atoms with E-state index in [1.165, 1.54) is 0 Å². The first-order valence-electron chi connectivity index (χ1n) is 8.46. The molecule has 0 unspecified atom stereocenters. The normalized spacial score (nSPS) is 11.7. The van der Waals surface area contributed by atoms with Gasteiger partial charge in [0.15, 0.2) is 0 Å². The maximum absolute atomic E-state index is 11.3. The first-order chi connectivity index (χ1) is 12.1. The first-order valence-corrected chi connectivity index (χ1v) is 10.3. The molecule has 2 aromatic rings. The van der Waals surface area contributed by atoms with Gasteiger partial charge in [0.25, 0.3) is 0 Å². The molecule has 0 saturated carbocycles. The van der Waals surface area contributed by atoms with Gasteiger partial charge in [-0.1, -0.05) is 32.9 Å². The van der Waals surface area contributed by atoms with E-state index in [-0.39, 0.29) is 12.1 Å². The Morgan fingerprint density at radius 1 is 1.19 bits per heavy atom. The fourth-order valence-corrected chi connectivity index (χ4v) is 3.58. The first kappa shape index (κ1) is 20.3. The lowest BCUT2D eigenvalue weighted by atomic mass is 10.0. The topological polar surface area (TPSA) is 96.2 Å². The number of rotatable bonds is 7. The highest BCUT2D eigenvalue weighted by Gasteiger charge is 2.18. The van der Waals surface area contributed by atoms with Crippen LogP contribution in [0.1, 0.15) is 48.9 Å². The van der Waals surface area contributed by atoms with E-state index in [1.54, 1.807) is 24.3 Å². The summed E-state index contributed by atoms with van der Waals surface area (Å²) in [5.74, 6) is 1.40. The Bertz CT molecular complexity index is 857. The maximum Gasteiger partial charge on any atom is 0.329 e. The van der Waals surface area contributed by atoms with Gasteiger partial charge in [0, 0.05) is 0 Å². The molecule has 6 nitrogen and oxygen atoms in total. The predicted octanol–water partition coefficient (Wildman–Crippen LogP) is 5.55. The quantitative estimate of drug-likeness (QED) is 0.487. The molecule has 2 rings (SSSR count). The zero-order valence-corrected chi connectivity index (χ0v) is 16.3. The van der Waals surface area contributed by atoms with Crippen molar-refractivity contribution in [2.75, 3.05) is 0 Å². The smallest absolute Gasteiger partial charge is 0.329 e. The number of benzene rings is 2. The summed E-state index contributed by atoms with van der Waals surface area (Å²) in [6.45, 7) is 7.77. The summed E-state index contributed by atoms with van der Waals surface area (Å²) in [7, 11) is -4.13. The number of hydrogen-bond acceptors (Lipinski definition) is 4. The van der Waals surface area contributed by atoms with Gasteiger partial charge in [-0.05, 0) is 64.9 Å². The minimum absolute atomic E-state index is 0.128. The summed E-state index contributed by atoms with van der Waals surface area (Å²) in [5, 5.41) is 3.06. The standard InChI is InChI=1S/C19H24NO5P/c1-5-15-9-14(11-26(22,23)24)8-13(4)19(15)25-16-6-7-18(20-21)17(10-16)12(2)3/h6-10,12H,5,11H2,1-4H3,(H2,22,23,24). The Balaban J connectivity index is 2.42. The molecule has 0 amide bonds. The summed E-state index contributed by atoms with van der Waals surface area (Å²) in [5.41, 5.74) is 3.47. The highest BCUT2D eigenvalue weighted by molar-refractivity contribution is 7.50. The SMILES string of the molecule is CCc1cc(CP(=O)(O)O)cc(C)c1Oc1ccc(N=O)c(C(C)C)c1. The Morgan fingerprint density at radius 2 is 1.88 bits per heavy atom. The van der Waals surface area contributed by atoms with E-state index in [9.17, 15) is 19.3 Å². The van der Waals surface area contributed by atoms with E-state index >= 15 is 0 Å². The number of nitroso groups, excluding NO2 is 1. The van der Waals surface area contributed by atoms with Crippen LogP contribution in [-0.2, 0) is 17.1 Å². The zero-order valence-electron chi connectivity index (χ0n) is 15.4. The van der Waals surface area contributed by atoms with Gasteiger partial charge in [0.2, 0.25) is 0 Å². The van der Waals surface area contributed by atoms with Crippen LogP contribution >= 0.6 is 7.60 Å². The van der Waals surface area contributed by atoms with E-state index in [4.69, 9.17) is 4.74 Å². The van der Waals surface area contributed by atoms with Gasteiger partial charge in [0.05, 0.1) is 6.16 Å². The highest BCUT2D eigenvalue weighted by atomic mass is 31.2. The van der Waals surface area contributed by atoms with Gasteiger partial charge in [-0.3, -0.25) is 4.57 Å². The van der Waals surface area contributed by atoms with Gasteiger partial charge in [-0.15, -0.1) is 4.91 Å². The Kier molecular flexibility index (Phi) is 6.34. The molecule has 0 aliphatic rings. The number of aryl methyl sites for hydroxylation is 2. The minimum atomic E-state index is -4.13. The van der Waals surface area contributed by atoms with E-state index < -0.39 is 7.60 Å². The van der Waals surface area contributed by atoms with Gasteiger partial charge in [0.1, 0.15) is 17.2 Å². The molecule has 2 aromatic carbocycles. The lowest BCUT2D eigenvalue weighted by Crippen LogP contribution is -1.98. The van der Waals surface area contributed by atoms with Crippen molar-refractivity contribution in [3.8, 4) is 11.5 Å². The predicted molar refractivity (Wildman–Crippen MR) is 102 cm³/mol. The number of hydrogen-bond donors (Lipinski definition) is 2. The number of nitrogens with zero attached hydrogens (tertiary/aromatic N) is 1. The average Bonchev–Trinajstić information content (AvgIpc) is 2.55. The molecule has 0 heterocycles. The van der Waals surface area contributed by atoms with E-state index in [0.717, 1.165) is 16.7 Å². The second-order valence-corrected chi connectivity index (χ2v) is 8.29. The lowest BCUT2D eigenvalue weighted by molar-refractivity contribution is 0.371. The van der Waals surface area contributed by atoms with E-state index in [0.29, 0.717) is 29.2 Å². The van der Waals surface area contributed by atoms with Crippen molar-refractivity contribution >= 4 is 13.3 Å². The summed E-state index contributed by atoms with van der Waals surface area (Å²) in [4.78, 5) is 29.4. The summed E-state index contributed by atoms with van der Waals surface area (Å²) < 4.78 is 17.3. The molecule has 0 atom stereocenters. The van der Waals surface area contributed by atoms with Crippen LogP contribution in [0.4, 0.5) is 5.69 Å². The summed E-state index contributed by atoms with van der Waals surface area (Å²) >= 11 is 0. The van der Waals surface area contributed by atoms with Gasteiger partial charge in [-0.2, -0.15) is 0 Å². The second kappa shape index (κ2) is 8.12. The van der Waals surface area contributed by atoms with Crippen molar-refractivity contribution in [2.24, 2.45) is 5.18 Å². The van der Waals surface area contributed by atoms with Crippen LogP contribution in [-0.4, -0.2) is 9.79 Å². The van der Waals surface area contributed by atoms with Crippen LogP contribution < -0.4 is 4.74 Å². The molecule has 0 aliphatic heterocycles. The van der Waals surface area contributed by atoms with Crippen molar-refractivity contribution in [1.82, 2.24) is 0 Å². The molecule has 2 N–H and O–H groups in total. The average molecular weight is 377 g/mol. The monoisotopic (exact) mass is 377 g/mol. The molecule has 7 heteroatoms. The minimum Gasteiger partial charge on any atom is -0.457 e. The molecule has 0 radical (unpaired) electrons. The molecule has 0 aromatic heterocycles. The molecule has 0 fully saturated rings. The largest absolute Gasteiger partial charge is 0.457 e. The molecule has 0 bridgehead atoms. The second-order valence-electron chi connectivity index (χ2n) is 6.65. The van der Waals surface area contributed by atoms with Gasteiger partial charge < -0.3 is 14.5 Å². The third kappa shape index (κ3) is 5.01. The number of ether oxygens (including phenoxy) is 1. The van der Waals surface area contributed by atoms with Crippen LogP contribution in [0.3, 0.4) is 0 Å². The van der Waals surface area contributed by atoms with Crippen LogP contribution in [0, 0.1) is 11.8 Å². The Labute approximate surface area is 153 Å². The van der Waals surface area contributed by atoms with Crippen LogP contribution in [0.2, 0.25) is 0 Å². The molecule has 140 valence electrons. The van der Waals surface area contributed by atoms with Crippen LogP contribution in [0.15, 0.2) is 35.5 Å². The van der Waals surface area contributed by atoms with Crippen LogP contribution in [0.5, 0.6) is 11.5 Å². The molecule has 0 saturated heterocycles. The van der Waals surface area contributed by atoms with Crippen molar-refractivity contribution in [2.45, 2.75) is 46.2 Å². The van der Waals surface area contributed by atoms with Crippen molar-refractivity contribution in [3.63, 3.8) is 0 Å². The fourth-order valence-electron chi connectivity index (χ4n) is 2.93. The lowest BCUT2D eigenvalue weighted by Gasteiger charge is -2.17. The van der Waals surface area contributed by atoms with Gasteiger partial charge in [-0.25, -0.2) is 0 Å². The molecular weight excluding hydrogens is 353 g/mol. The van der Waals surface area contributed by atoms with Gasteiger partial charge >= 0.3 is 7.60 Å². The van der Waals surface area contributed by atoms with Crippen molar-refractivity contribution in [3.05, 3.63) is 57.5 Å². The molecule has 0 spiro atoms. The zero-order chi connectivity index (χ0) is 19.5. The molecular formula is C19H24NO5P. The van der Waals surface area contributed by atoms with E-state index in [1.807, 2.05) is 33.8 Å². The highest BCUT2D eigenvalue weighted by Crippen LogP contribution is 2.41. The van der Waals surface area contributed by atoms with Crippen molar-refractivity contribution < 1.29 is 19.1 Å². The summed E-state index contributed by atoms with van der Waals surface area (Å²) in [6, 6.07) is 8.65.